The Morgan fingerprint density at radius 2 is 1.96 bits per heavy atom. The molecule has 0 aliphatic rings. The van der Waals surface area contributed by atoms with Crippen molar-refractivity contribution in [1.82, 2.24) is 4.98 Å². The Hall–Kier alpha value is -2.71. The van der Waals surface area contributed by atoms with Gasteiger partial charge in [0.15, 0.2) is 0 Å². The lowest BCUT2D eigenvalue weighted by molar-refractivity contribution is 0.187. The Morgan fingerprint density at radius 3 is 2.57 bits per heavy atom. The molecule has 3 rings (SSSR count). The highest BCUT2D eigenvalue weighted by molar-refractivity contribution is 7.21. The monoisotopic (exact) mass is 414 g/mol. The molecule has 2 aromatic heterocycles. The van der Waals surface area contributed by atoms with Crippen molar-refractivity contribution in [2.24, 2.45) is 5.10 Å². The van der Waals surface area contributed by atoms with E-state index in [1.807, 2.05) is 29.6 Å². The van der Waals surface area contributed by atoms with Crippen LogP contribution in [0.25, 0.3) is 10.6 Å². The van der Waals surface area contributed by atoms with Crippen molar-refractivity contribution in [3.05, 3.63) is 52.9 Å². The van der Waals surface area contributed by atoms with Crippen LogP contribution in [-0.4, -0.2) is 24.4 Å². The molecule has 0 spiro atoms. The molecule has 0 unspecified atom stereocenters. The smallest absolute Gasteiger partial charge is 0.412 e. The van der Waals surface area contributed by atoms with Gasteiger partial charge in [-0.3, -0.25) is 10.7 Å². The predicted molar refractivity (Wildman–Crippen MR) is 118 cm³/mol. The SMILES string of the molecule is COC(=O)Nc1sc(N/N=C/c2ccc(C(C)(C)C)cc2)nc1-c1cccs1. The Kier molecular flexibility index (Phi) is 6.11. The zero-order valence-corrected chi connectivity index (χ0v) is 17.8. The number of nitrogens with one attached hydrogen (secondary N) is 2. The third kappa shape index (κ3) is 4.96. The topological polar surface area (TPSA) is 75.6 Å². The van der Waals surface area contributed by atoms with Crippen LogP contribution in [0.2, 0.25) is 0 Å². The normalized spacial score (nSPS) is 11.6. The van der Waals surface area contributed by atoms with Crippen molar-refractivity contribution in [3.63, 3.8) is 0 Å². The van der Waals surface area contributed by atoms with Crippen LogP contribution >= 0.6 is 22.7 Å². The summed E-state index contributed by atoms with van der Waals surface area (Å²) < 4.78 is 4.69. The summed E-state index contributed by atoms with van der Waals surface area (Å²) in [6.45, 7) is 6.56. The number of hydrazone groups is 1. The van der Waals surface area contributed by atoms with E-state index < -0.39 is 6.09 Å². The zero-order chi connectivity index (χ0) is 20.1. The summed E-state index contributed by atoms with van der Waals surface area (Å²) in [4.78, 5) is 17.1. The minimum atomic E-state index is -0.532. The van der Waals surface area contributed by atoms with Gasteiger partial charge in [0.25, 0.3) is 0 Å². The fourth-order valence-corrected chi connectivity index (χ4v) is 4.01. The molecule has 0 aliphatic carbocycles. The maximum absolute atomic E-state index is 11.6. The number of carbonyl (C=O) groups is 1. The van der Waals surface area contributed by atoms with Crippen LogP contribution in [0, 0.1) is 0 Å². The van der Waals surface area contributed by atoms with Gasteiger partial charge in [-0.25, -0.2) is 9.78 Å². The number of benzene rings is 1. The maximum atomic E-state index is 11.6. The second-order valence-corrected chi connectivity index (χ2v) is 8.98. The highest BCUT2D eigenvalue weighted by Gasteiger charge is 2.16. The lowest BCUT2D eigenvalue weighted by atomic mass is 9.87. The highest BCUT2D eigenvalue weighted by Crippen LogP contribution is 2.38. The van der Waals surface area contributed by atoms with Crippen molar-refractivity contribution in [1.29, 1.82) is 0 Å². The molecule has 0 radical (unpaired) electrons. The molecule has 1 amide bonds. The molecule has 2 N–H and O–H groups in total. The first-order chi connectivity index (χ1) is 13.4. The fourth-order valence-electron chi connectivity index (χ4n) is 2.41. The van der Waals surface area contributed by atoms with Gasteiger partial charge in [0.1, 0.15) is 10.7 Å². The number of amides is 1. The number of thiophene rings is 1. The summed E-state index contributed by atoms with van der Waals surface area (Å²) >= 11 is 2.85. The van der Waals surface area contributed by atoms with Crippen molar-refractivity contribution < 1.29 is 9.53 Å². The van der Waals surface area contributed by atoms with E-state index in [-0.39, 0.29) is 5.41 Å². The third-order valence-corrected chi connectivity index (χ3v) is 5.69. The Balaban J connectivity index is 1.74. The van der Waals surface area contributed by atoms with Gasteiger partial charge in [-0.15, -0.1) is 11.3 Å². The number of rotatable bonds is 5. The van der Waals surface area contributed by atoms with Gasteiger partial charge in [0, 0.05) is 0 Å². The molecule has 1 aromatic carbocycles. The molecule has 0 aliphatic heterocycles. The Morgan fingerprint density at radius 1 is 1.21 bits per heavy atom. The third-order valence-electron chi connectivity index (χ3n) is 3.93. The lowest BCUT2D eigenvalue weighted by Crippen LogP contribution is -2.10. The lowest BCUT2D eigenvalue weighted by Gasteiger charge is -2.18. The van der Waals surface area contributed by atoms with Gasteiger partial charge in [-0.05, 0) is 28.0 Å². The fraction of sp³-hybridized carbons (Fsp3) is 0.250. The first kappa shape index (κ1) is 20.0. The number of thiazole rings is 1. The van der Waals surface area contributed by atoms with Crippen LogP contribution in [0.4, 0.5) is 14.9 Å². The predicted octanol–water partition coefficient (Wildman–Crippen LogP) is 5.79. The van der Waals surface area contributed by atoms with Gasteiger partial charge in [0.05, 0.1) is 18.2 Å². The molecule has 0 saturated carbocycles. The quantitative estimate of drug-likeness (QED) is 0.409. The number of nitrogens with zero attached hydrogens (tertiary/aromatic N) is 2. The van der Waals surface area contributed by atoms with Gasteiger partial charge >= 0.3 is 6.09 Å². The summed E-state index contributed by atoms with van der Waals surface area (Å²) in [7, 11) is 1.33. The van der Waals surface area contributed by atoms with E-state index in [0.29, 0.717) is 15.8 Å². The summed E-state index contributed by atoms with van der Waals surface area (Å²) in [6.07, 6.45) is 1.21. The van der Waals surface area contributed by atoms with Crippen LogP contribution in [0.15, 0.2) is 46.9 Å². The Labute approximate surface area is 172 Å². The molecule has 8 heteroatoms. The van der Waals surface area contributed by atoms with E-state index in [1.54, 1.807) is 17.6 Å². The largest absolute Gasteiger partial charge is 0.453 e. The zero-order valence-electron chi connectivity index (χ0n) is 16.1. The van der Waals surface area contributed by atoms with E-state index in [2.05, 4.69) is 53.7 Å². The molecule has 0 saturated heterocycles. The van der Waals surface area contributed by atoms with Crippen LogP contribution in [-0.2, 0) is 10.2 Å². The minimum absolute atomic E-state index is 0.121. The van der Waals surface area contributed by atoms with E-state index in [9.17, 15) is 4.79 Å². The number of aromatic nitrogens is 1. The average Bonchev–Trinajstić information content (AvgIpc) is 3.31. The van der Waals surface area contributed by atoms with E-state index in [4.69, 9.17) is 4.74 Å². The standard InChI is InChI=1S/C20H22N4O2S2/c1-20(2,3)14-9-7-13(8-10-14)12-21-24-18-22-16(15-6-5-11-27-15)17(28-18)23-19(25)26-4/h5-12H,1-4H3,(H,22,24)(H,23,25)/b21-12+. The minimum Gasteiger partial charge on any atom is -0.453 e. The van der Waals surface area contributed by atoms with Crippen LogP contribution < -0.4 is 10.7 Å². The van der Waals surface area contributed by atoms with Crippen molar-refractivity contribution in [3.8, 4) is 10.6 Å². The number of carbonyl (C=O) groups excluding carboxylic acids is 1. The maximum Gasteiger partial charge on any atom is 0.412 e. The molecule has 6 nitrogen and oxygen atoms in total. The van der Waals surface area contributed by atoms with E-state index in [1.165, 1.54) is 24.0 Å². The number of anilines is 2. The molecule has 0 fully saturated rings. The summed E-state index contributed by atoms with van der Waals surface area (Å²) in [5.41, 5.74) is 6.02. The first-order valence-electron chi connectivity index (χ1n) is 8.66. The Bertz CT molecular complexity index is 955. The van der Waals surface area contributed by atoms with Crippen LogP contribution in [0.1, 0.15) is 31.9 Å². The number of hydrogen-bond acceptors (Lipinski definition) is 7. The van der Waals surface area contributed by atoms with Gasteiger partial charge < -0.3 is 4.74 Å². The molecule has 0 bridgehead atoms. The summed E-state index contributed by atoms with van der Waals surface area (Å²) in [6, 6.07) is 12.2. The average molecular weight is 415 g/mol. The van der Waals surface area contributed by atoms with Crippen LogP contribution in [0.5, 0.6) is 0 Å². The van der Waals surface area contributed by atoms with E-state index >= 15 is 0 Å². The first-order valence-corrected chi connectivity index (χ1v) is 10.4. The number of methoxy groups -OCH3 is 1. The van der Waals surface area contributed by atoms with Gasteiger partial charge in [-0.2, -0.15) is 5.10 Å². The van der Waals surface area contributed by atoms with Crippen LogP contribution in [0.3, 0.4) is 0 Å². The second-order valence-electron chi connectivity index (χ2n) is 7.03. The molecule has 28 heavy (non-hydrogen) atoms. The highest BCUT2D eigenvalue weighted by atomic mass is 32.1. The molecular formula is C20H22N4O2S2. The van der Waals surface area contributed by atoms with Crippen molar-refractivity contribution in [2.75, 3.05) is 17.9 Å². The molecule has 2 heterocycles. The second kappa shape index (κ2) is 8.53. The molecule has 0 atom stereocenters. The molecule has 3 aromatic rings. The molecular weight excluding hydrogens is 392 g/mol. The van der Waals surface area contributed by atoms with E-state index in [0.717, 1.165) is 10.4 Å². The number of ether oxygens (including phenoxy) is 1. The van der Waals surface area contributed by atoms with Gasteiger partial charge in [-0.1, -0.05) is 62.4 Å². The summed E-state index contributed by atoms with van der Waals surface area (Å²) in [5, 5.41) is 10.1. The summed E-state index contributed by atoms with van der Waals surface area (Å²) in [5.74, 6) is 0. The molecule has 146 valence electrons. The van der Waals surface area contributed by atoms with Gasteiger partial charge in [0.2, 0.25) is 5.13 Å². The number of hydrogen-bond donors (Lipinski definition) is 2. The van der Waals surface area contributed by atoms with Crippen molar-refractivity contribution >= 4 is 45.1 Å². The van der Waals surface area contributed by atoms with Crippen molar-refractivity contribution in [2.45, 2.75) is 26.2 Å².